The normalized spacial score (nSPS) is 10.3. The molecule has 3 aromatic rings. The molecular weight excluding hydrogens is 323 g/mol. The molecule has 128 valence electrons. The Balaban J connectivity index is 1.58. The molecule has 0 fully saturated rings. The number of aromatic nitrogens is 2. The van der Waals surface area contributed by atoms with Crippen molar-refractivity contribution >= 4 is 17.4 Å². The van der Waals surface area contributed by atoms with Gasteiger partial charge in [0.2, 0.25) is 0 Å². The van der Waals surface area contributed by atoms with Crippen LogP contribution in [-0.4, -0.2) is 22.9 Å². The standard InChI is InChI=1S/C18H17FN4O2/c1-25-17-4-2-3-15(9-17)21-18(24)22-16-10-20-23(12-16)11-13-5-7-14(19)8-6-13/h2-10,12H,11H2,1H3,(H2,21,22,24). The topological polar surface area (TPSA) is 68.2 Å². The highest BCUT2D eigenvalue weighted by molar-refractivity contribution is 5.99. The molecule has 6 nitrogen and oxygen atoms in total. The highest BCUT2D eigenvalue weighted by Gasteiger charge is 2.06. The predicted molar refractivity (Wildman–Crippen MR) is 93.4 cm³/mol. The van der Waals surface area contributed by atoms with Crippen LogP contribution in [0.5, 0.6) is 5.75 Å². The lowest BCUT2D eigenvalue weighted by atomic mass is 10.2. The van der Waals surface area contributed by atoms with Gasteiger partial charge in [-0.25, -0.2) is 9.18 Å². The third kappa shape index (κ3) is 4.57. The van der Waals surface area contributed by atoms with Crippen molar-refractivity contribution in [2.24, 2.45) is 0 Å². The molecule has 7 heteroatoms. The average Bonchev–Trinajstić information content (AvgIpc) is 3.04. The van der Waals surface area contributed by atoms with Gasteiger partial charge in [0.25, 0.3) is 0 Å². The third-order valence-corrected chi connectivity index (χ3v) is 3.48. The van der Waals surface area contributed by atoms with Crippen molar-refractivity contribution in [3.8, 4) is 5.75 Å². The van der Waals surface area contributed by atoms with Crippen molar-refractivity contribution < 1.29 is 13.9 Å². The minimum atomic E-state index is -0.380. The van der Waals surface area contributed by atoms with Crippen LogP contribution < -0.4 is 15.4 Å². The first-order valence-corrected chi connectivity index (χ1v) is 7.61. The van der Waals surface area contributed by atoms with E-state index in [9.17, 15) is 9.18 Å². The maximum atomic E-state index is 12.9. The van der Waals surface area contributed by atoms with Crippen molar-refractivity contribution in [1.82, 2.24) is 9.78 Å². The summed E-state index contributed by atoms with van der Waals surface area (Å²) in [7, 11) is 1.56. The largest absolute Gasteiger partial charge is 0.497 e. The van der Waals surface area contributed by atoms with Crippen molar-refractivity contribution in [2.45, 2.75) is 6.54 Å². The van der Waals surface area contributed by atoms with Crippen molar-refractivity contribution in [3.63, 3.8) is 0 Å². The molecule has 0 radical (unpaired) electrons. The first-order valence-electron chi connectivity index (χ1n) is 7.61. The zero-order chi connectivity index (χ0) is 17.6. The summed E-state index contributed by atoms with van der Waals surface area (Å²) in [5, 5.41) is 9.61. The lowest BCUT2D eigenvalue weighted by molar-refractivity contribution is 0.262. The molecule has 0 aliphatic heterocycles. The van der Waals surface area contributed by atoms with Crippen molar-refractivity contribution in [3.05, 3.63) is 72.3 Å². The van der Waals surface area contributed by atoms with Crippen LogP contribution in [0.25, 0.3) is 0 Å². The predicted octanol–water partition coefficient (Wildman–Crippen LogP) is 3.72. The summed E-state index contributed by atoms with van der Waals surface area (Å²) in [6, 6.07) is 12.9. The number of nitrogens with one attached hydrogen (secondary N) is 2. The fraction of sp³-hybridized carbons (Fsp3) is 0.111. The van der Waals surface area contributed by atoms with Crippen LogP contribution in [0, 0.1) is 5.82 Å². The van der Waals surface area contributed by atoms with E-state index in [2.05, 4.69) is 15.7 Å². The molecule has 1 aromatic heterocycles. The summed E-state index contributed by atoms with van der Waals surface area (Å²) in [5.41, 5.74) is 2.09. The quantitative estimate of drug-likeness (QED) is 0.744. The zero-order valence-corrected chi connectivity index (χ0v) is 13.6. The van der Waals surface area contributed by atoms with Gasteiger partial charge in [-0.2, -0.15) is 5.10 Å². The fourth-order valence-electron chi connectivity index (χ4n) is 2.29. The number of carbonyl (C=O) groups is 1. The second-order valence-corrected chi connectivity index (χ2v) is 5.36. The molecule has 0 aliphatic rings. The number of nitrogens with zero attached hydrogens (tertiary/aromatic N) is 2. The smallest absolute Gasteiger partial charge is 0.323 e. The van der Waals surface area contributed by atoms with Gasteiger partial charge in [-0.15, -0.1) is 0 Å². The molecule has 2 amide bonds. The number of halogens is 1. The molecule has 2 N–H and O–H groups in total. The Labute approximate surface area is 144 Å². The Morgan fingerprint density at radius 2 is 1.92 bits per heavy atom. The number of carbonyl (C=O) groups excluding carboxylic acids is 1. The molecule has 2 aromatic carbocycles. The molecule has 0 aliphatic carbocycles. The van der Waals surface area contributed by atoms with Crippen LogP contribution >= 0.6 is 0 Å². The van der Waals surface area contributed by atoms with Gasteiger partial charge >= 0.3 is 6.03 Å². The number of amides is 2. The van der Waals surface area contributed by atoms with E-state index in [1.54, 1.807) is 60.6 Å². The maximum Gasteiger partial charge on any atom is 0.323 e. The molecule has 25 heavy (non-hydrogen) atoms. The monoisotopic (exact) mass is 340 g/mol. The molecule has 0 saturated carbocycles. The second-order valence-electron chi connectivity index (χ2n) is 5.36. The lowest BCUT2D eigenvalue weighted by Gasteiger charge is -2.07. The number of hydrogen-bond donors (Lipinski definition) is 2. The van der Waals surface area contributed by atoms with Crippen LogP contribution in [0.15, 0.2) is 60.9 Å². The Morgan fingerprint density at radius 1 is 1.16 bits per heavy atom. The minimum absolute atomic E-state index is 0.277. The first-order chi connectivity index (χ1) is 12.1. The van der Waals surface area contributed by atoms with Gasteiger partial charge in [-0.05, 0) is 29.8 Å². The summed E-state index contributed by atoms with van der Waals surface area (Å²) < 4.78 is 19.7. The van der Waals surface area contributed by atoms with E-state index < -0.39 is 0 Å². The zero-order valence-electron chi connectivity index (χ0n) is 13.6. The summed E-state index contributed by atoms with van der Waals surface area (Å²) in [5.74, 6) is 0.380. The molecule has 0 spiro atoms. The van der Waals surface area contributed by atoms with Crippen LogP contribution in [0.4, 0.5) is 20.6 Å². The van der Waals surface area contributed by atoms with E-state index in [1.807, 2.05) is 0 Å². The van der Waals surface area contributed by atoms with E-state index in [4.69, 9.17) is 4.74 Å². The average molecular weight is 340 g/mol. The number of benzene rings is 2. The van der Waals surface area contributed by atoms with Gasteiger partial charge < -0.3 is 15.4 Å². The van der Waals surface area contributed by atoms with E-state index in [-0.39, 0.29) is 11.8 Å². The number of ether oxygens (including phenoxy) is 1. The van der Waals surface area contributed by atoms with Crippen LogP contribution in [-0.2, 0) is 6.54 Å². The Kier molecular flexibility index (Phi) is 4.94. The van der Waals surface area contributed by atoms with E-state index >= 15 is 0 Å². The summed E-state index contributed by atoms with van der Waals surface area (Å²) in [6.45, 7) is 0.486. The summed E-state index contributed by atoms with van der Waals surface area (Å²) in [4.78, 5) is 12.0. The summed E-state index contributed by atoms with van der Waals surface area (Å²) >= 11 is 0. The minimum Gasteiger partial charge on any atom is -0.497 e. The van der Waals surface area contributed by atoms with Crippen LogP contribution in [0.3, 0.4) is 0 Å². The lowest BCUT2D eigenvalue weighted by Crippen LogP contribution is -2.19. The van der Waals surface area contributed by atoms with Gasteiger partial charge in [-0.1, -0.05) is 18.2 Å². The van der Waals surface area contributed by atoms with Crippen LogP contribution in [0.1, 0.15) is 5.56 Å². The Morgan fingerprint density at radius 3 is 2.68 bits per heavy atom. The molecule has 0 saturated heterocycles. The van der Waals surface area contributed by atoms with E-state index in [1.165, 1.54) is 12.1 Å². The number of hydrogen-bond acceptors (Lipinski definition) is 3. The first kappa shape index (κ1) is 16.5. The van der Waals surface area contributed by atoms with Crippen molar-refractivity contribution in [2.75, 3.05) is 17.7 Å². The van der Waals surface area contributed by atoms with Gasteiger partial charge in [0.05, 0.1) is 25.5 Å². The van der Waals surface area contributed by atoms with E-state index in [0.717, 1.165) is 5.56 Å². The highest BCUT2D eigenvalue weighted by atomic mass is 19.1. The molecule has 0 unspecified atom stereocenters. The van der Waals surface area contributed by atoms with Gasteiger partial charge in [-0.3, -0.25) is 4.68 Å². The van der Waals surface area contributed by atoms with Gasteiger partial charge in [0, 0.05) is 18.0 Å². The molecular formula is C18H17FN4O2. The molecule has 3 rings (SSSR count). The summed E-state index contributed by atoms with van der Waals surface area (Å²) in [6.07, 6.45) is 3.25. The van der Waals surface area contributed by atoms with Gasteiger partial charge in [0.1, 0.15) is 11.6 Å². The Hall–Kier alpha value is -3.35. The van der Waals surface area contributed by atoms with Crippen molar-refractivity contribution in [1.29, 1.82) is 0 Å². The molecule has 0 atom stereocenters. The number of rotatable bonds is 5. The van der Waals surface area contributed by atoms with Gasteiger partial charge in [0.15, 0.2) is 0 Å². The number of anilines is 2. The highest BCUT2D eigenvalue weighted by Crippen LogP contribution is 2.17. The SMILES string of the molecule is COc1cccc(NC(=O)Nc2cnn(Cc3ccc(F)cc3)c2)c1. The number of methoxy groups -OCH3 is 1. The van der Waals surface area contributed by atoms with Crippen LogP contribution in [0.2, 0.25) is 0 Å². The molecule has 0 bridgehead atoms. The second kappa shape index (κ2) is 7.48. The third-order valence-electron chi connectivity index (χ3n) is 3.48. The van der Waals surface area contributed by atoms with E-state index in [0.29, 0.717) is 23.7 Å². The number of urea groups is 1. The maximum absolute atomic E-state index is 12.9. The fourth-order valence-corrected chi connectivity index (χ4v) is 2.29. The molecule has 1 heterocycles. The Bertz CT molecular complexity index is 862.